The van der Waals surface area contributed by atoms with E-state index in [4.69, 9.17) is 10.3 Å². The highest BCUT2D eigenvalue weighted by molar-refractivity contribution is 5.96. The number of benzene rings is 1. The molecule has 0 aliphatic heterocycles. The number of nitrogens with one attached hydrogen (secondary N) is 2. The summed E-state index contributed by atoms with van der Waals surface area (Å²) < 4.78 is 5.02. The van der Waals surface area contributed by atoms with Gasteiger partial charge in [-0.1, -0.05) is 5.16 Å². The van der Waals surface area contributed by atoms with Crippen LogP contribution in [0.15, 0.2) is 22.7 Å². The molecule has 0 atom stereocenters. The van der Waals surface area contributed by atoms with Gasteiger partial charge in [0.15, 0.2) is 5.82 Å². The summed E-state index contributed by atoms with van der Waals surface area (Å²) >= 11 is 0. The SMILES string of the molecule is CNC(=O)c1ccc(N)c(NCCc2nc(C)no2)c1. The molecule has 0 aliphatic rings. The predicted molar refractivity (Wildman–Crippen MR) is 75.5 cm³/mol. The highest BCUT2D eigenvalue weighted by Gasteiger charge is 2.07. The standard InChI is InChI=1S/C13H17N5O2/c1-8-17-12(20-18-8)5-6-16-11-7-9(13(19)15-2)3-4-10(11)14/h3-4,7,16H,5-6,14H2,1-2H3,(H,15,19). The van der Waals surface area contributed by atoms with E-state index < -0.39 is 0 Å². The van der Waals surface area contributed by atoms with Gasteiger partial charge in [0, 0.05) is 25.6 Å². The third-order valence-electron chi connectivity index (χ3n) is 2.77. The van der Waals surface area contributed by atoms with Crippen LogP contribution in [0.2, 0.25) is 0 Å². The molecular formula is C13H17N5O2. The lowest BCUT2D eigenvalue weighted by Gasteiger charge is -2.10. The number of hydrogen-bond acceptors (Lipinski definition) is 6. The summed E-state index contributed by atoms with van der Waals surface area (Å²) in [6, 6.07) is 5.09. The Morgan fingerprint density at radius 3 is 2.90 bits per heavy atom. The van der Waals surface area contributed by atoms with Crippen LogP contribution >= 0.6 is 0 Å². The van der Waals surface area contributed by atoms with E-state index in [0.717, 1.165) is 0 Å². The molecule has 1 amide bonds. The number of nitrogens with two attached hydrogens (primary N) is 1. The van der Waals surface area contributed by atoms with Crippen molar-refractivity contribution in [2.24, 2.45) is 0 Å². The van der Waals surface area contributed by atoms with E-state index in [0.29, 0.717) is 41.6 Å². The van der Waals surface area contributed by atoms with Crippen LogP contribution in [0.3, 0.4) is 0 Å². The van der Waals surface area contributed by atoms with Gasteiger partial charge in [0.25, 0.3) is 5.91 Å². The number of anilines is 2. The van der Waals surface area contributed by atoms with Crippen LogP contribution in [0, 0.1) is 6.92 Å². The normalized spacial score (nSPS) is 10.3. The Morgan fingerprint density at radius 1 is 1.45 bits per heavy atom. The Kier molecular flexibility index (Phi) is 4.19. The van der Waals surface area contributed by atoms with E-state index in [-0.39, 0.29) is 5.91 Å². The molecule has 0 aliphatic carbocycles. The molecule has 1 heterocycles. The van der Waals surface area contributed by atoms with Crippen molar-refractivity contribution in [3.05, 3.63) is 35.5 Å². The summed E-state index contributed by atoms with van der Waals surface area (Å²) in [6.07, 6.45) is 0.588. The topological polar surface area (TPSA) is 106 Å². The summed E-state index contributed by atoms with van der Waals surface area (Å²) in [5.74, 6) is 1.03. The first kappa shape index (κ1) is 13.9. The second kappa shape index (κ2) is 6.05. The van der Waals surface area contributed by atoms with Crippen LogP contribution < -0.4 is 16.4 Å². The van der Waals surface area contributed by atoms with Crippen molar-refractivity contribution in [3.63, 3.8) is 0 Å². The smallest absolute Gasteiger partial charge is 0.251 e. The number of nitrogen functional groups attached to an aromatic ring is 1. The minimum atomic E-state index is -0.152. The zero-order valence-corrected chi connectivity index (χ0v) is 11.4. The lowest BCUT2D eigenvalue weighted by Crippen LogP contribution is -2.18. The first-order valence-electron chi connectivity index (χ1n) is 6.25. The highest BCUT2D eigenvalue weighted by atomic mass is 16.5. The van der Waals surface area contributed by atoms with E-state index in [9.17, 15) is 4.79 Å². The average Bonchev–Trinajstić information content (AvgIpc) is 2.85. The van der Waals surface area contributed by atoms with Gasteiger partial charge in [0.1, 0.15) is 0 Å². The average molecular weight is 275 g/mol. The number of carbonyl (C=O) groups excluding carboxylic acids is 1. The van der Waals surface area contributed by atoms with Crippen LogP contribution in [-0.4, -0.2) is 29.6 Å². The van der Waals surface area contributed by atoms with Gasteiger partial charge >= 0.3 is 0 Å². The molecule has 0 saturated heterocycles. The second-order valence-electron chi connectivity index (χ2n) is 4.29. The number of carbonyl (C=O) groups is 1. The molecule has 106 valence electrons. The van der Waals surface area contributed by atoms with E-state index >= 15 is 0 Å². The van der Waals surface area contributed by atoms with Crippen molar-refractivity contribution in [1.29, 1.82) is 0 Å². The number of rotatable bonds is 5. The molecule has 0 fully saturated rings. The monoisotopic (exact) mass is 275 g/mol. The molecule has 7 heteroatoms. The lowest BCUT2D eigenvalue weighted by atomic mass is 10.1. The van der Waals surface area contributed by atoms with Gasteiger partial charge in [0.05, 0.1) is 11.4 Å². The van der Waals surface area contributed by atoms with Crippen LogP contribution in [0.1, 0.15) is 22.1 Å². The third kappa shape index (κ3) is 3.25. The zero-order valence-electron chi connectivity index (χ0n) is 11.4. The molecule has 1 aromatic heterocycles. The van der Waals surface area contributed by atoms with E-state index in [1.807, 2.05) is 0 Å². The van der Waals surface area contributed by atoms with E-state index in [2.05, 4.69) is 20.8 Å². The van der Waals surface area contributed by atoms with E-state index in [1.165, 1.54) is 0 Å². The maximum Gasteiger partial charge on any atom is 0.251 e. The van der Waals surface area contributed by atoms with Crippen molar-refractivity contribution in [1.82, 2.24) is 15.5 Å². The molecule has 1 aromatic carbocycles. The third-order valence-corrected chi connectivity index (χ3v) is 2.77. The van der Waals surface area contributed by atoms with Gasteiger partial charge in [0.2, 0.25) is 5.89 Å². The van der Waals surface area contributed by atoms with Crippen molar-refractivity contribution in [3.8, 4) is 0 Å². The highest BCUT2D eigenvalue weighted by Crippen LogP contribution is 2.20. The first-order chi connectivity index (χ1) is 9.60. The number of hydrogen-bond donors (Lipinski definition) is 3. The fourth-order valence-corrected chi connectivity index (χ4v) is 1.74. The second-order valence-corrected chi connectivity index (χ2v) is 4.29. The molecule has 20 heavy (non-hydrogen) atoms. The van der Waals surface area contributed by atoms with Gasteiger partial charge in [-0.15, -0.1) is 0 Å². The maximum absolute atomic E-state index is 11.6. The molecule has 0 spiro atoms. The summed E-state index contributed by atoms with van der Waals surface area (Å²) in [5.41, 5.74) is 7.72. The molecule has 2 aromatic rings. The molecule has 0 unspecified atom stereocenters. The molecule has 7 nitrogen and oxygen atoms in total. The Labute approximate surface area is 116 Å². The first-order valence-corrected chi connectivity index (χ1v) is 6.25. The van der Waals surface area contributed by atoms with Crippen LogP contribution in [0.5, 0.6) is 0 Å². The van der Waals surface area contributed by atoms with Gasteiger partial charge in [-0.05, 0) is 25.1 Å². The van der Waals surface area contributed by atoms with Gasteiger partial charge in [-0.25, -0.2) is 0 Å². The molecule has 0 bridgehead atoms. The maximum atomic E-state index is 11.6. The van der Waals surface area contributed by atoms with Crippen molar-refractivity contribution in [2.75, 3.05) is 24.6 Å². The number of amides is 1. The fraction of sp³-hybridized carbons (Fsp3) is 0.308. The Balaban J connectivity index is 1.99. The zero-order chi connectivity index (χ0) is 14.5. The quantitative estimate of drug-likeness (QED) is 0.702. The Morgan fingerprint density at radius 2 is 2.25 bits per heavy atom. The summed E-state index contributed by atoms with van der Waals surface area (Å²) in [7, 11) is 1.59. The Bertz CT molecular complexity index is 609. The van der Waals surface area contributed by atoms with E-state index in [1.54, 1.807) is 32.2 Å². The molecule has 2 rings (SSSR count). The lowest BCUT2D eigenvalue weighted by molar-refractivity contribution is 0.0963. The van der Waals surface area contributed by atoms with Crippen LogP contribution in [-0.2, 0) is 6.42 Å². The molecule has 4 N–H and O–H groups in total. The van der Waals surface area contributed by atoms with Gasteiger partial charge < -0.3 is 20.9 Å². The minimum Gasteiger partial charge on any atom is -0.397 e. The molecular weight excluding hydrogens is 258 g/mol. The number of aromatic nitrogens is 2. The Hall–Kier alpha value is -2.57. The van der Waals surface area contributed by atoms with Gasteiger partial charge in [-0.3, -0.25) is 4.79 Å². The van der Waals surface area contributed by atoms with Crippen LogP contribution in [0.4, 0.5) is 11.4 Å². The summed E-state index contributed by atoms with van der Waals surface area (Å²) in [4.78, 5) is 15.7. The predicted octanol–water partition coefficient (Wildman–Crippen LogP) is 0.974. The molecule has 0 radical (unpaired) electrons. The summed E-state index contributed by atoms with van der Waals surface area (Å²) in [6.45, 7) is 2.36. The summed E-state index contributed by atoms with van der Waals surface area (Å²) in [5, 5.41) is 9.45. The fourth-order valence-electron chi connectivity index (χ4n) is 1.74. The largest absolute Gasteiger partial charge is 0.397 e. The van der Waals surface area contributed by atoms with Crippen LogP contribution in [0.25, 0.3) is 0 Å². The van der Waals surface area contributed by atoms with Crippen molar-refractivity contribution < 1.29 is 9.32 Å². The van der Waals surface area contributed by atoms with Crippen molar-refractivity contribution in [2.45, 2.75) is 13.3 Å². The van der Waals surface area contributed by atoms with Gasteiger partial charge in [-0.2, -0.15) is 4.98 Å². The van der Waals surface area contributed by atoms with Crippen molar-refractivity contribution >= 4 is 17.3 Å². The minimum absolute atomic E-state index is 0.152. The number of aryl methyl sites for hydroxylation is 1. The number of nitrogens with zero attached hydrogens (tertiary/aromatic N) is 2. The molecule has 0 saturated carbocycles.